The van der Waals surface area contributed by atoms with Crippen LogP contribution < -0.4 is 20.7 Å². The Morgan fingerprint density at radius 3 is 2.12 bits per heavy atom. The first kappa shape index (κ1) is 26.3. The molecule has 1 unspecified atom stereocenters. The van der Waals surface area contributed by atoms with Gasteiger partial charge in [-0.25, -0.2) is 4.79 Å². The van der Waals surface area contributed by atoms with Gasteiger partial charge in [-0.2, -0.15) is 8.42 Å². The van der Waals surface area contributed by atoms with Crippen molar-refractivity contribution in [2.45, 2.75) is 11.8 Å². The molecule has 1 amide bonds. The van der Waals surface area contributed by atoms with E-state index in [4.69, 9.17) is 15.9 Å². The van der Waals surface area contributed by atoms with E-state index in [-0.39, 0.29) is 22.8 Å². The van der Waals surface area contributed by atoms with Crippen molar-refractivity contribution < 1.29 is 37.2 Å². The topological polar surface area (TPSA) is 200 Å². The van der Waals surface area contributed by atoms with Gasteiger partial charge in [0.2, 0.25) is 5.91 Å². The monoisotopic (exact) mass is 492 g/mol. The molecule has 0 aliphatic rings. The maximum atomic E-state index is 12.4. The highest BCUT2D eigenvalue weighted by Crippen LogP contribution is 2.32. The molecule has 2 aromatic rings. The third-order valence-corrected chi connectivity index (χ3v) is 5.91. The molecule has 6 N–H and O–H groups in total. The number of amides is 1. The van der Waals surface area contributed by atoms with Crippen molar-refractivity contribution in [3.05, 3.63) is 59.7 Å². The van der Waals surface area contributed by atoms with Crippen LogP contribution in [0.4, 0.5) is 5.69 Å². The fourth-order valence-electron chi connectivity index (χ4n) is 3.14. The molecule has 0 saturated heterocycles. The van der Waals surface area contributed by atoms with Crippen LogP contribution in [0.5, 0.6) is 5.75 Å². The van der Waals surface area contributed by atoms with Crippen LogP contribution in [-0.2, 0) is 25.1 Å². The van der Waals surface area contributed by atoms with Crippen LogP contribution in [0, 0.1) is 5.41 Å². The first-order valence-corrected chi connectivity index (χ1v) is 11.3. The zero-order chi connectivity index (χ0) is 25.7. The van der Waals surface area contributed by atoms with Crippen LogP contribution >= 0.6 is 0 Å². The van der Waals surface area contributed by atoms with E-state index in [1.54, 1.807) is 19.2 Å². The van der Waals surface area contributed by atoms with Crippen LogP contribution in [0.3, 0.4) is 0 Å². The lowest BCUT2D eigenvalue weighted by molar-refractivity contribution is -0.145. The van der Waals surface area contributed by atoms with Crippen LogP contribution in [0.15, 0.2) is 48.5 Å². The number of carbonyl (C=O) groups is 3. The Morgan fingerprint density at radius 1 is 1.12 bits per heavy atom. The van der Waals surface area contributed by atoms with Gasteiger partial charge in [-0.05, 0) is 42.0 Å². The minimum absolute atomic E-state index is 0.0322. The molecular weight excluding hydrogens is 468 g/mol. The summed E-state index contributed by atoms with van der Waals surface area (Å²) in [5.41, 5.74) is 3.82. The third-order valence-electron chi connectivity index (χ3n) is 5.05. The molecule has 182 valence electrons. The van der Waals surface area contributed by atoms with Crippen LogP contribution in [0.25, 0.3) is 0 Å². The van der Waals surface area contributed by atoms with Gasteiger partial charge in [0.15, 0.2) is 5.96 Å². The van der Waals surface area contributed by atoms with Gasteiger partial charge in [-0.15, -0.1) is 0 Å². The number of anilines is 1. The van der Waals surface area contributed by atoms with Gasteiger partial charge in [0, 0.05) is 26.2 Å². The molecule has 0 spiro atoms. The lowest BCUT2D eigenvalue weighted by atomic mass is 9.79. The normalized spacial score (nSPS) is 12.8. The van der Waals surface area contributed by atoms with Gasteiger partial charge in [0.05, 0.1) is 11.3 Å². The van der Waals surface area contributed by atoms with Crippen molar-refractivity contribution in [1.82, 2.24) is 5.32 Å². The highest BCUT2D eigenvalue weighted by molar-refractivity contribution is 7.85. The van der Waals surface area contributed by atoms with Crippen molar-refractivity contribution in [3.8, 4) is 5.75 Å². The molecule has 0 aliphatic heterocycles. The van der Waals surface area contributed by atoms with Crippen molar-refractivity contribution in [1.29, 1.82) is 5.41 Å². The van der Waals surface area contributed by atoms with Gasteiger partial charge in [-0.3, -0.25) is 19.6 Å². The van der Waals surface area contributed by atoms with E-state index in [2.05, 4.69) is 5.32 Å². The zero-order valence-electron chi connectivity index (χ0n) is 18.3. The summed E-state index contributed by atoms with van der Waals surface area (Å²) in [4.78, 5) is 37.8. The fourth-order valence-corrected chi connectivity index (χ4v) is 4.15. The second kappa shape index (κ2) is 10.3. The molecule has 0 heterocycles. The van der Waals surface area contributed by atoms with E-state index in [9.17, 15) is 32.5 Å². The van der Waals surface area contributed by atoms with Gasteiger partial charge < -0.3 is 25.8 Å². The second-order valence-electron chi connectivity index (χ2n) is 7.37. The van der Waals surface area contributed by atoms with Gasteiger partial charge in [0.25, 0.3) is 10.1 Å². The molecule has 0 aromatic heterocycles. The number of aliphatic carboxylic acids is 1. The van der Waals surface area contributed by atoms with E-state index in [0.717, 1.165) is 0 Å². The number of hydrogen-bond donors (Lipinski definition) is 5. The van der Waals surface area contributed by atoms with E-state index in [0.29, 0.717) is 5.69 Å². The van der Waals surface area contributed by atoms with Crippen molar-refractivity contribution in [2.24, 2.45) is 5.73 Å². The number of guanidine groups is 1. The number of benzene rings is 2. The molecular formula is C21H24N4O8S. The summed E-state index contributed by atoms with van der Waals surface area (Å²) in [5.74, 6) is -4.49. The summed E-state index contributed by atoms with van der Waals surface area (Å²) >= 11 is 0. The third kappa shape index (κ3) is 6.30. The number of rotatable bonds is 9. The molecule has 2 rings (SSSR count). The summed E-state index contributed by atoms with van der Waals surface area (Å²) < 4.78 is 37.7. The quantitative estimate of drug-likeness (QED) is 0.108. The number of hydrogen-bond acceptors (Lipinski definition) is 7. The highest BCUT2D eigenvalue weighted by atomic mass is 32.2. The lowest BCUT2D eigenvalue weighted by Crippen LogP contribution is -2.45. The number of carboxylic acids is 1. The first-order chi connectivity index (χ1) is 15.8. The van der Waals surface area contributed by atoms with Crippen LogP contribution in [0.1, 0.15) is 22.3 Å². The maximum Gasteiger partial charge on any atom is 0.343 e. The number of nitrogens with one attached hydrogen (secondary N) is 2. The Labute approximate surface area is 195 Å². The predicted molar refractivity (Wildman–Crippen MR) is 123 cm³/mol. The number of nitrogens with zero attached hydrogens (tertiary/aromatic N) is 1. The van der Waals surface area contributed by atoms with E-state index < -0.39 is 45.6 Å². The number of ether oxygens (including phenoxy) is 1. The number of carbonyl (C=O) groups excluding carboxylic acids is 2. The number of carboxylic acid groups (broad SMARTS) is 1. The molecule has 2 aromatic carbocycles. The fraction of sp³-hybridized carbons (Fsp3) is 0.238. The average Bonchev–Trinajstić information content (AvgIpc) is 2.77. The van der Waals surface area contributed by atoms with Crippen molar-refractivity contribution >= 4 is 39.6 Å². The van der Waals surface area contributed by atoms with Gasteiger partial charge in [0.1, 0.15) is 11.2 Å². The number of esters is 1. The number of nitrogens with two attached hydrogens (primary N) is 1. The molecule has 34 heavy (non-hydrogen) atoms. The minimum Gasteiger partial charge on any atom is -0.481 e. The molecule has 0 radical (unpaired) electrons. The molecule has 0 aliphatic carbocycles. The van der Waals surface area contributed by atoms with Crippen LogP contribution in [-0.4, -0.2) is 61.7 Å². The first-order valence-electron chi connectivity index (χ1n) is 9.69. The lowest BCUT2D eigenvalue weighted by Gasteiger charge is -2.28. The van der Waals surface area contributed by atoms with Gasteiger partial charge >= 0.3 is 11.9 Å². The maximum absolute atomic E-state index is 12.4. The molecule has 12 nitrogen and oxygen atoms in total. The Hall–Kier alpha value is -3.97. The Balaban J connectivity index is 2.30. The molecule has 1 atom stereocenters. The van der Waals surface area contributed by atoms with Gasteiger partial charge in [-0.1, -0.05) is 12.1 Å². The summed E-state index contributed by atoms with van der Waals surface area (Å²) in [7, 11) is -1.94. The summed E-state index contributed by atoms with van der Waals surface area (Å²) in [6.07, 6.45) is -0.751. The van der Waals surface area contributed by atoms with E-state index >= 15 is 0 Å². The average molecular weight is 493 g/mol. The smallest absolute Gasteiger partial charge is 0.343 e. The van der Waals surface area contributed by atoms with E-state index in [1.165, 1.54) is 48.3 Å². The Morgan fingerprint density at radius 2 is 1.68 bits per heavy atom. The molecule has 13 heteroatoms. The molecule has 0 fully saturated rings. The molecule has 0 bridgehead atoms. The Kier molecular flexibility index (Phi) is 7.97. The minimum atomic E-state index is -4.78. The summed E-state index contributed by atoms with van der Waals surface area (Å²) in [5, 5.41) is 19.4. The predicted octanol–water partition coefficient (Wildman–Crippen LogP) is 0.582. The molecule has 0 saturated carbocycles. The van der Waals surface area contributed by atoms with Crippen molar-refractivity contribution in [3.63, 3.8) is 0 Å². The zero-order valence-corrected chi connectivity index (χ0v) is 19.1. The second-order valence-corrected chi connectivity index (χ2v) is 8.82. The van der Waals surface area contributed by atoms with E-state index in [1.807, 2.05) is 0 Å². The standard InChI is InChI=1S/C21H24N4O8S/c1-24-17(26)11-21(19(28)29,12-34(30,31)32)14-5-9-16(10-6-14)33-18(27)13-3-7-15(8-4-13)25(2)20(22)23/h3-10H,11-12H2,1-2H3,(H3,22,23)(H,24,26)(H,28,29)(H,30,31,32). The summed E-state index contributed by atoms with van der Waals surface area (Å²) in [6.45, 7) is 0. The highest BCUT2D eigenvalue weighted by Gasteiger charge is 2.46. The van der Waals surface area contributed by atoms with Crippen LogP contribution in [0.2, 0.25) is 0 Å². The SMILES string of the molecule is CNC(=O)CC(CS(=O)(=O)O)(C(=O)O)c1ccc(OC(=O)c2ccc(N(C)C(=N)N)cc2)cc1. The summed E-state index contributed by atoms with van der Waals surface area (Å²) in [6, 6.07) is 11.0. The van der Waals surface area contributed by atoms with Crippen molar-refractivity contribution in [2.75, 3.05) is 24.7 Å². The largest absolute Gasteiger partial charge is 0.481 e. The Bertz CT molecular complexity index is 1200.